The molecule has 1 atom stereocenters. The van der Waals surface area contributed by atoms with Gasteiger partial charge in [0.2, 0.25) is 0 Å². The first-order valence-electron chi connectivity index (χ1n) is 26.0. The minimum atomic E-state index is -4.76. The Labute approximate surface area is 371 Å². The van der Waals surface area contributed by atoms with Gasteiger partial charge in [-0.05, 0) is 38.5 Å². The zero-order valence-electron chi connectivity index (χ0n) is 39.6. The lowest BCUT2D eigenvalue weighted by Gasteiger charge is -2.18. The topological polar surface area (TPSA) is 119 Å². The van der Waals surface area contributed by atoms with Crippen LogP contribution in [-0.2, 0) is 28.2 Å². The Balaban J connectivity index is 3.77. The van der Waals surface area contributed by atoms with Gasteiger partial charge in [0.15, 0.2) is 6.10 Å². The number of hydrogen-bond acceptors (Lipinski definition) is 6. The molecule has 60 heavy (non-hydrogen) atoms. The summed E-state index contributed by atoms with van der Waals surface area (Å²) in [6, 6.07) is 0. The van der Waals surface area contributed by atoms with Crippen LogP contribution in [-0.4, -0.2) is 41.0 Å². The van der Waals surface area contributed by atoms with E-state index in [1.165, 1.54) is 212 Å². The molecule has 0 saturated carbocycles. The van der Waals surface area contributed by atoms with Crippen LogP contribution in [0.15, 0.2) is 12.2 Å². The lowest BCUT2D eigenvalue weighted by atomic mass is 10.0. The van der Waals surface area contributed by atoms with Crippen molar-refractivity contribution in [2.75, 3.05) is 13.2 Å². The molecule has 0 saturated heterocycles. The van der Waals surface area contributed by atoms with E-state index in [9.17, 15) is 14.2 Å². The normalized spacial score (nSPS) is 12.4. The fraction of sp³-hybridized carbons (Fsp3) is 0.922. The average molecular weight is 871 g/mol. The first-order valence-corrected chi connectivity index (χ1v) is 27.5. The number of esters is 2. The van der Waals surface area contributed by atoms with Crippen LogP contribution >= 0.6 is 7.82 Å². The van der Waals surface area contributed by atoms with Crippen LogP contribution in [0.4, 0.5) is 0 Å². The second-order valence-electron chi connectivity index (χ2n) is 17.9. The Morgan fingerprint density at radius 2 is 0.700 bits per heavy atom. The SMILES string of the molecule is CCCCCCCCCC/C=C\CCCCCCCCCCCC(=O)OC(COC(=O)CCCCCCCCCCCCCCCCCCCCCCC)COP(=O)(O)O. The third kappa shape index (κ3) is 49.4. The van der Waals surface area contributed by atoms with Crippen LogP contribution in [0.2, 0.25) is 0 Å². The van der Waals surface area contributed by atoms with Crippen molar-refractivity contribution in [3.8, 4) is 0 Å². The predicted molar refractivity (Wildman–Crippen MR) is 253 cm³/mol. The molecule has 1 unspecified atom stereocenters. The number of phosphoric ester groups is 1. The molecule has 0 rings (SSSR count). The highest BCUT2D eigenvalue weighted by Gasteiger charge is 2.23. The number of hydrogen-bond donors (Lipinski definition) is 2. The Hall–Kier alpha value is -1.21. The van der Waals surface area contributed by atoms with Crippen molar-refractivity contribution >= 4 is 19.8 Å². The van der Waals surface area contributed by atoms with Crippen LogP contribution in [0.25, 0.3) is 0 Å². The minimum Gasteiger partial charge on any atom is -0.462 e. The Bertz CT molecular complexity index is 982. The van der Waals surface area contributed by atoms with Crippen molar-refractivity contribution in [1.82, 2.24) is 0 Å². The highest BCUT2D eigenvalue weighted by molar-refractivity contribution is 7.46. The molecule has 0 amide bonds. The van der Waals surface area contributed by atoms with E-state index in [1.54, 1.807) is 0 Å². The highest BCUT2D eigenvalue weighted by Crippen LogP contribution is 2.36. The largest absolute Gasteiger partial charge is 0.469 e. The lowest BCUT2D eigenvalue weighted by Crippen LogP contribution is -2.29. The van der Waals surface area contributed by atoms with Crippen LogP contribution in [0, 0.1) is 0 Å². The summed E-state index contributed by atoms with van der Waals surface area (Å²) >= 11 is 0. The number of unbranched alkanes of at least 4 members (excludes halogenated alkanes) is 37. The summed E-state index contributed by atoms with van der Waals surface area (Å²) in [6.45, 7) is 3.74. The van der Waals surface area contributed by atoms with Gasteiger partial charge < -0.3 is 19.3 Å². The fourth-order valence-electron chi connectivity index (χ4n) is 7.90. The van der Waals surface area contributed by atoms with Gasteiger partial charge >= 0.3 is 19.8 Å². The summed E-state index contributed by atoms with van der Waals surface area (Å²) in [6.07, 6.45) is 55.2. The standard InChI is InChI=1S/C51H99O8P/c1-3-5-7-9-11-13-15-17-19-21-23-25-27-29-31-33-35-37-39-41-43-45-50(52)57-47-49(48-58-60(54,55)56)59-51(53)46-44-42-40-38-36-34-32-30-28-26-24-22-20-18-16-14-12-10-8-6-4-2/h22,24,49H,3-21,23,25-48H2,1-2H3,(H2,54,55,56)/b24-22-. The molecule has 8 nitrogen and oxygen atoms in total. The second-order valence-corrected chi connectivity index (χ2v) is 19.1. The van der Waals surface area contributed by atoms with Gasteiger partial charge in [0.25, 0.3) is 0 Å². The van der Waals surface area contributed by atoms with Gasteiger partial charge in [0.05, 0.1) is 6.61 Å². The zero-order chi connectivity index (χ0) is 43.9. The van der Waals surface area contributed by atoms with Gasteiger partial charge in [0, 0.05) is 12.8 Å². The van der Waals surface area contributed by atoms with Gasteiger partial charge in [-0.25, -0.2) is 4.57 Å². The van der Waals surface area contributed by atoms with Crippen molar-refractivity contribution < 1.29 is 37.9 Å². The molecule has 0 bridgehead atoms. The van der Waals surface area contributed by atoms with E-state index in [0.717, 1.165) is 38.5 Å². The minimum absolute atomic E-state index is 0.215. The molecule has 0 aromatic rings. The van der Waals surface area contributed by atoms with E-state index in [-0.39, 0.29) is 19.4 Å². The Morgan fingerprint density at radius 1 is 0.417 bits per heavy atom. The van der Waals surface area contributed by atoms with Gasteiger partial charge in [0.1, 0.15) is 6.61 Å². The lowest BCUT2D eigenvalue weighted by molar-refractivity contribution is -0.161. The molecule has 0 fully saturated rings. The summed E-state index contributed by atoms with van der Waals surface area (Å²) in [4.78, 5) is 43.1. The predicted octanol–water partition coefficient (Wildman–Crippen LogP) is 16.5. The van der Waals surface area contributed by atoms with Gasteiger partial charge in [-0.3, -0.25) is 14.1 Å². The molecule has 0 aliphatic heterocycles. The van der Waals surface area contributed by atoms with E-state index in [1.807, 2.05) is 0 Å². The van der Waals surface area contributed by atoms with Crippen molar-refractivity contribution in [3.05, 3.63) is 12.2 Å². The molecule has 0 radical (unpaired) electrons. The van der Waals surface area contributed by atoms with E-state index >= 15 is 0 Å². The van der Waals surface area contributed by atoms with Gasteiger partial charge in [-0.2, -0.15) is 0 Å². The smallest absolute Gasteiger partial charge is 0.462 e. The maximum absolute atomic E-state index is 12.5. The molecule has 9 heteroatoms. The fourth-order valence-corrected chi connectivity index (χ4v) is 8.26. The van der Waals surface area contributed by atoms with E-state index in [0.29, 0.717) is 6.42 Å². The second kappa shape index (κ2) is 47.3. The molecule has 0 aliphatic rings. The van der Waals surface area contributed by atoms with Gasteiger partial charge in [-0.1, -0.05) is 244 Å². The summed E-state index contributed by atoms with van der Waals surface area (Å²) in [7, 11) is -4.76. The van der Waals surface area contributed by atoms with E-state index in [2.05, 4.69) is 30.5 Å². The third-order valence-corrected chi connectivity index (χ3v) is 12.3. The molecule has 0 spiro atoms. The van der Waals surface area contributed by atoms with E-state index < -0.39 is 32.5 Å². The van der Waals surface area contributed by atoms with Crippen LogP contribution in [0.3, 0.4) is 0 Å². The van der Waals surface area contributed by atoms with Crippen LogP contribution in [0.1, 0.15) is 284 Å². The van der Waals surface area contributed by atoms with Gasteiger partial charge in [-0.15, -0.1) is 0 Å². The van der Waals surface area contributed by atoms with Crippen LogP contribution < -0.4 is 0 Å². The van der Waals surface area contributed by atoms with E-state index in [4.69, 9.17) is 19.3 Å². The maximum Gasteiger partial charge on any atom is 0.469 e. The van der Waals surface area contributed by atoms with Crippen molar-refractivity contribution in [2.24, 2.45) is 0 Å². The van der Waals surface area contributed by atoms with Crippen molar-refractivity contribution in [3.63, 3.8) is 0 Å². The summed E-state index contributed by atoms with van der Waals surface area (Å²) in [5.41, 5.74) is 0. The number of rotatable bonds is 49. The first-order chi connectivity index (χ1) is 29.3. The van der Waals surface area contributed by atoms with Crippen LogP contribution in [0.5, 0.6) is 0 Å². The molecule has 2 N–H and O–H groups in total. The Morgan fingerprint density at radius 3 is 1.02 bits per heavy atom. The Kier molecular flexibility index (Phi) is 46.3. The molecule has 0 aliphatic carbocycles. The summed E-state index contributed by atoms with van der Waals surface area (Å²) < 4.78 is 26.6. The zero-order valence-corrected chi connectivity index (χ0v) is 40.5. The highest BCUT2D eigenvalue weighted by atomic mass is 31.2. The average Bonchev–Trinajstić information content (AvgIpc) is 3.22. The number of allylic oxidation sites excluding steroid dienone is 2. The maximum atomic E-state index is 12.5. The number of ether oxygens (including phenoxy) is 2. The number of phosphoric acid groups is 1. The molecule has 0 aromatic heterocycles. The summed E-state index contributed by atoms with van der Waals surface area (Å²) in [5.74, 6) is -0.868. The van der Waals surface area contributed by atoms with Crippen molar-refractivity contribution in [1.29, 1.82) is 0 Å². The molecular formula is C51H99O8P. The summed E-state index contributed by atoms with van der Waals surface area (Å²) in [5, 5.41) is 0. The quantitative estimate of drug-likeness (QED) is 0.0268. The first kappa shape index (κ1) is 58.8. The molecule has 356 valence electrons. The van der Waals surface area contributed by atoms with Crippen molar-refractivity contribution in [2.45, 2.75) is 290 Å². The molecular weight excluding hydrogens is 772 g/mol. The molecule has 0 aromatic carbocycles. The number of carbonyl (C=O) groups excluding carboxylic acids is 2. The molecule has 0 heterocycles. The third-order valence-electron chi connectivity index (χ3n) is 11.8. The number of carbonyl (C=O) groups is 2. The monoisotopic (exact) mass is 871 g/mol.